The third-order valence-corrected chi connectivity index (χ3v) is 4.55. The van der Waals surface area contributed by atoms with Crippen molar-refractivity contribution in [1.82, 2.24) is 0 Å². The quantitative estimate of drug-likeness (QED) is 0.843. The van der Waals surface area contributed by atoms with E-state index in [1.807, 2.05) is 0 Å². The first-order valence-corrected chi connectivity index (χ1v) is 6.95. The number of carboxylic acids is 1. The molecule has 5 heteroatoms. The lowest BCUT2D eigenvalue weighted by Crippen LogP contribution is -2.11. The molecule has 0 aliphatic carbocycles. The van der Waals surface area contributed by atoms with Gasteiger partial charge in [0.15, 0.2) is 9.84 Å². The molecular formula is C13H14O4S. The lowest BCUT2D eigenvalue weighted by Gasteiger charge is -2.10. The van der Waals surface area contributed by atoms with Crippen LogP contribution in [0.15, 0.2) is 17.0 Å². The van der Waals surface area contributed by atoms with Crippen molar-refractivity contribution in [3.05, 3.63) is 28.8 Å². The number of carboxylic acid groups (broad SMARTS) is 1. The van der Waals surface area contributed by atoms with Gasteiger partial charge < -0.3 is 5.11 Å². The van der Waals surface area contributed by atoms with Gasteiger partial charge in [-0.2, -0.15) is 0 Å². The van der Waals surface area contributed by atoms with Gasteiger partial charge in [0.1, 0.15) is 0 Å². The Morgan fingerprint density at radius 1 is 1.39 bits per heavy atom. The molecule has 0 radical (unpaired) electrons. The van der Waals surface area contributed by atoms with Crippen molar-refractivity contribution in [3.8, 4) is 12.3 Å². The molecule has 18 heavy (non-hydrogen) atoms. The van der Waals surface area contributed by atoms with Crippen LogP contribution in [-0.2, 0) is 9.84 Å². The summed E-state index contributed by atoms with van der Waals surface area (Å²) in [6.45, 7) is 3.34. The van der Waals surface area contributed by atoms with Gasteiger partial charge in [0.25, 0.3) is 0 Å². The van der Waals surface area contributed by atoms with Crippen LogP contribution in [0.1, 0.15) is 27.9 Å². The van der Waals surface area contributed by atoms with Gasteiger partial charge in [-0.05, 0) is 37.1 Å². The molecule has 0 aliphatic heterocycles. The molecular weight excluding hydrogens is 252 g/mol. The second kappa shape index (κ2) is 5.23. The van der Waals surface area contributed by atoms with E-state index in [4.69, 9.17) is 11.5 Å². The number of rotatable bonds is 4. The Balaban J connectivity index is 3.41. The van der Waals surface area contributed by atoms with Crippen LogP contribution < -0.4 is 0 Å². The summed E-state index contributed by atoms with van der Waals surface area (Å²) >= 11 is 0. The monoisotopic (exact) mass is 266 g/mol. The highest BCUT2D eigenvalue weighted by molar-refractivity contribution is 7.91. The van der Waals surface area contributed by atoms with Gasteiger partial charge in [-0.25, -0.2) is 13.2 Å². The fraction of sp³-hybridized carbons (Fsp3) is 0.308. The van der Waals surface area contributed by atoms with E-state index in [1.165, 1.54) is 12.1 Å². The van der Waals surface area contributed by atoms with Crippen molar-refractivity contribution in [2.24, 2.45) is 0 Å². The molecule has 1 N–H and O–H groups in total. The van der Waals surface area contributed by atoms with Crippen LogP contribution in [0, 0.1) is 26.2 Å². The van der Waals surface area contributed by atoms with Crippen molar-refractivity contribution in [2.45, 2.75) is 25.2 Å². The summed E-state index contributed by atoms with van der Waals surface area (Å²) in [5.41, 5.74) is 1.17. The van der Waals surface area contributed by atoms with Gasteiger partial charge >= 0.3 is 5.97 Å². The third-order valence-electron chi connectivity index (χ3n) is 2.72. The molecule has 0 atom stereocenters. The van der Waals surface area contributed by atoms with Crippen molar-refractivity contribution in [3.63, 3.8) is 0 Å². The lowest BCUT2D eigenvalue weighted by molar-refractivity contribution is 0.0696. The molecule has 0 fully saturated rings. The van der Waals surface area contributed by atoms with Gasteiger partial charge in [-0.15, -0.1) is 12.3 Å². The second-order valence-electron chi connectivity index (χ2n) is 3.99. The molecule has 1 aromatic carbocycles. The number of terminal acetylenes is 1. The molecule has 1 rings (SSSR count). The predicted molar refractivity (Wildman–Crippen MR) is 68.4 cm³/mol. The van der Waals surface area contributed by atoms with Gasteiger partial charge in [0, 0.05) is 6.42 Å². The molecule has 0 saturated heterocycles. The Hall–Kier alpha value is -1.80. The zero-order valence-electron chi connectivity index (χ0n) is 10.2. The predicted octanol–water partition coefficient (Wildman–Crippen LogP) is 1.80. The number of hydrogen-bond acceptors (Lipinski definition) is 3. The summed E-state index contributed by atoms with van der Waals surface area (Å²) in [4.78, 5) is 11.0. The molecule has 96 valence electrons. The van der Waals surface area contributed by atoms with E-state index in [1.54, 1.807) is 13.8 Å². The van der Waals surface area contributed by atoms with E-state index in [9.17, 15) is 13.2 Å². The van der Waals surface area contributed by atoms with Crippen LogP contribution in [0.25, 0.3) is 0 Å². The van der Waals surface area contributed by atoms with Crippen LogP contribution in [0.2, 0.25) is 0 Å². The van der Waals surface area contributed by atoms with E-state index in [-0.39, 0.29) is 22.6 Å². The molecule has 1 aromatic rings. The highest BCUT2D eigenvalue weighted by Gasteiger charge is 2.20. The van der Waals surface area contributed by atoms with E-state index in [0.717, 1.165) is 0 Å². The minimum absolute atomic E-state index is 0.0302. The number of aryl methyl sites for hydroxylation is 1. The van der Waals surface area contributed by atoms with Gasteiger partial charge in [0.05, 0.1) is 16.2 Å². The molecule has 0 bridgehead atoms. The van der Waals surface area contributed by atoms with Gasteiger partial charge in [-0.1, -0.05) is 0 Å². The van der Waals surface area contributed by atoms with Crippen LogP contribution in [0.4, 0.5) is 0 Å². The van der Waals surface area contributed by atoms with Gasteiger partial charge in [0.2, 0.25) is 0 Å². The Morgan fingerprint density at radius 2 is 2.00 bits per heavy atom. The SMILES string of the molecule is C#CCCS(=O)(=O)c1cc(C(=O)O)cc(C)c1C. The summed E-state index contributed by atoms with van der Waals surface area (Å²) in [7, 11) is -3.54. The first kappa shape index (κ1) is 14.3. The molecule has 0 saturated carbocycles. The summed E-state index contributed by atoms with van der Waals surface area (Å²) in [6.07, 6.45) is 5.16. The fourth-order valence-electron chi connectivity index (χ4n) is 1.58. The standard InChI is InChI=1S/C13H14O4S/c1-4-5-6-18(16,17)12-8-11(13(14)15)7-9(2)10(12)3/h1,7-8H,5-6H2,2-3H3,(H,14,15). The van der Waals surface area contributed by atoms with Crippen LogP contribution in [-0.4, -0.2) is 25.2 Å². The fourth-order valence-corrected chi connectivity index (χ4v) is 3.12. The number of sulfone groups is 1. The average molecular weight is 266 g/mol. The lowest BCUT2D eigenvalue weighted by atomic mass is 10.1. The van der Waals surface area contributed by atoms with E-state index >= 15 is 0 Å². The Bertz CT molecular complexity index is 621. The van der Waals surface area contributed by atoms with Gasteiger partial charge in [-0.3, -0.25) is 0 Å². The smallest absolute Gasteiger partial charge is 0.335 e. The summed E-state index contributed by atoms with van der Waals surface area (Å²) in [6, 6.07) is 2.65. The maximum absolute atomic E-state index is 12.1. The highest BCUT2D eigenvalue weighted by Crippen LogP contribution is 2.22. The molecule has 0 amide bonds. The van der Waals surface area contributed by atoms with Crippen molar-refractivity contribution < 1.29 is 18.3 Å². The van der Waals surface area contributed by atoms with E-state index in [0.29, 0.717) is 11.1 Å². The maximum Gasteiger partial charge on any atom is 0.335 e. The molecule has 0 unspecified atom stereocenters. The van der Waals surface area contributed by atoms with Crippen LogP contribution in [0.5, 0.6) is 0 Å². The number of carbonyl (C=O) groups is 1. The Morgan fingerprint density at radius 3 is 2.50 bits per heavy atom. The number of benzene rings is 1. The molecule has 4 nitrogen and oxygen atoms in total. The normalized spacial score (nSPS) is 10.9. The first-order valence-electron chi connectivity index (χ1n) is 5.30. The van der Waals surface area contributed by atoms with E-state index in [2.05, 4.69) is 5.92 Å². The maximum atomic E-state index is 12.1. The first-order chi connectivity index (χ1) is 8.29. The molecule has 0 heterocycles. The molecule has 0 aromatic heterocycles. The summed E-state index contributed by atoms with van der Waals surface area (Å²) < 4.78 is 24.1. The third kappa shape index (κ3) is 2.90. The average Bonchev–Trinajstić information content (AvgIpc) is 2.29. The van der Waals surface area contributed by atoms with Crippen LogP contribution >= 0.6 is 0 Å². The summed E-state index contributed by atoms with van der Waals surface area (Å²) in [5.74, 6) is 0.949. The number of aromatic carboxylic acids is 1. The largest absolute Gasteiger partial charge is 0.478 e. The van der Waals surface area contributed by atoms with E-state index < -0.39 is 15.8 Å². The summed E-state index contributed by atoms with van der Waals surface area (Å²) in [5, 5.41) is 8.94. The zero-order chi connectivity index (χ0) is 13.9. The minimum Gasteiger partial charge on any atom is -0.478 e. The van der Waals surface area contributed by atoms with Crippen LogP contribution in [0.3, 0.4) is 0 Å². The Kier molecular flexibility index (Phi) is 4.15. The van der Waals surface area contributed by atoms with Crippen molar-refractivity contribution in [1.29, 1.82) is 0 Å². The topological polar surface area (TPSA) is 71.4 Å². The number of hydrogen-bond donors (Lipinski definition) is 1. The van der Waals surface area contributed by atoms with Crippen molar-refractivity contribution >= 4 is 15.8 Å². The molecule has 0 spiro atoms. The van der Waals surface area contributed by atoms with Crippen molar-refractivity contribution in [2.75, 3.05) is 5.75 Å². The highest BCUT2D eigenvalue weighted by atomic mass is 32.2. The zero-order valence-corrected chi connectivity index (χ0v) is 11.0. The second-order valence-corrected chi connectivity index (χ2v) is 6.07. The Labute approximate surface area is 107 Å². The molecule has 0 aliphatic rings. The minimum atomic E-state index is -3.54.